The standard InChI is InChI=1S/C13H19NO2/c1-4-11-5-7-12(8-6-11)14-9-13(15)16-10(2)3/h5-8,10,14H,4,9H2,1-3H3. The van der Waals surface area contributed by atoms with Crippen LogP contribution in [0.15, 0.2) is 24.3 Å². The molecule has 1 aromatic carbocycles. The van der Waals surface area contributed by atoms with Gasteiger partial charge in [-0.05, 0) is 38.0 Å². The predicted octanol–water partition coefficient (Wildman–Crippen LogP) is 2.61. The van der Waals surface area contributed by atoms with Crippen LogP contribution in [-0.2, 0) is 16.0 Å². The van der Waals surface area contributed by atoms with Crippen molar-refractivity contribution in [2.75, 3.05) is 11.9 Å². The summed E-state index contributed by atoms with van der Waals surface area (Å²) < 4.78 is 5.02. The van der Waals surface area contributed by atoms with Crippen molar-refractivity contribution in [2.24, 2.45) is 0 Å². The van der Waals surface area contributed by atoms with Crippen molar-refractivity contribution < 1.29 is 9.53 Å². The first-order chi connectivity index (χ1) is 7.61. The van der Waals surface area contributed by atoms with E-state index in [1.54, 1.807) is 0 Å². The summed E-state index contributed by atoms with van der Waals surface area (Å²) >= 11 is 0. The van der Waals surface area contributed by atoms with Crippen molar-refractivity contribution in [1.29, 1.82) is 0 Å². The van der Waals surface area contributed by atoms with Crippen LogP contribution in [0.4, 0.5) is 5.69 Å². The average molecular weight is 221 g/mol. The quantitative estimate of drug-likeness (QED) is 0.777. The third-order valence-electron chi connectivity index (χ3n) is 2.17. The molecule has 0 aliphatic rings. The monoisotopic (exact) mass is 221 g/mol. The second-order valence-corrected chi connectivity index (χ2v) is 3.94. The molecule has 0 fully saturated rings. The summed E-state index contributed by atoms with van der Waals surface area (Å²) in [7, 11) is 0. The minimum atomic E-state index is -0.227. The average Bonchev–Trinajstić information content (AvgIpc) is 2.26. The third-order valence-corrected chi connectivity index (χ3v) is 2.17. The Labute approximate surface area is 96.8 Å². The minimum absolute atomic E-state index is 0.0585. The first-order valence-electron chi connectivity index (χ1n) is 5.64. The summed E-state index contributed by atoms with van der Waals surface area (Å²) in [5.41, 5.74) is 2.23. The molecule has 0 bridgehead atoms. The van der Waals surface area contributed by atoms with E-state index < -0.39 is 0 Å². The van der Waals surface area contributed by atoms with Gasteiger partial charge in [-0.15, -0.1) is 0 Å². The molecule has 0 aromatic heterocycles. The molecule has 0 amide bonds. The highest BCUT2D eigenvalue weighted by Crippen LogP contribution is 2.09. The largest absolute Gasteiger partial charge is 0.462 e. The zero-order valence-electron chi connectivity index (χ0n) is 10.1. The summed E-state index contributed by atoms with van der Waals surface area (Å²) in [5.74, 6) is -0.227. The van der Waals surface area contributed by atoms with Gasteiger partial charge in [0.15, 0.2) is 0 Å². The van der Waals surface area contributed by atoms with Crippen LogP contribution in [0.1, 0.15) is 26.3 Å². The zero-order valence-corrected chi connectivity index (χ0v) is 10.1. The van der Waals surface area contributed by atoms with Gasteiger partial charge in [0.25, 0.3) is 0 Å². The Hall–Kier alpha value is -1.51. The molecule has 0 aliphatic carbocycles. The molecule has 0 saturated heterocycles. The van der Waals surface area contributed by atoms with E-state index in [-0.39, 0.29) is 18.6 Å². The molecule has 0 spiro atoms. The van der Waals surface area contributed by atoms with Gasteiger partial charge in [0.1, 0.15) is 6.54 Å². The van der Waals surface area contributed by atoms with Gasteiger partial charge in [-0.3, -0.25) is 4.79 Å². The normalized spacial score (nSPS) is 10.2. The molecule has 88 valence electrons. The van der Waals surface area contributed by atoms with E-state index in [9.17, 15) is 4.79 Å². The molecule has 3 heteroatoms. The van der Waals surface area contributed by atoms with E-state index in [4.69, 9.17) is 4.74 Å². The number of nitrogens with one attached hydrogen (secondary N) is 1. The number of anilines is 1. The Morgan fingerprint density at radius 2 is 1.94 bits per heavy atom. The molecule has 0 unspecified atom stereocenters. The number of hydrogen-bond acceptors (Lipinski definition) is 3. The number of esters is 1. The highest BCUT2D eigenvalue weighted by molar-refractivity contribution is 5.75. The first kappa shape index (κ1) is 12.6. The highest BCUT2D eigenvalue weighted by Gasteiger charge is 2.04. The number of hydrogen-bond donors (Lipinski definition) is 1. The van der Waals surface area contributed by atoms with E-state index in [0.29, 0.717) is 0 Å². The summed E-state index contributed by atoms with van der Waals surface area (Å²) in [5, 5.41) is 3.03. The Bertz CT molecular complexity index is 330. The van der Waals surface area contributed by atoms with Crippen molar-refractivity contribution >= 4 is 11.7 Å². The molecular formula is C13H19NO2. The van der Waals surface area contributed by atoms with Crippen LogP contribution in [0.2, 0.25) is 0 Å². The molecule has 0 aliphatic heterocycles. The molecular weight excluding hydrogens is 202 g/mol. The van der Waals surface area contributed by atoms with E-state index in [1.165, 1.54) is 5.56 Å². The molecule has 0 radical (unpaired) electrons. The lowest BCUT2D eigenvalue weighted by atomic mass is 10.1. The molecule has 1 N–H and O–H groups in total. The predicted molar refractivity (Wildman–Crippen MR) is 65.5 cm³/mol. The lowest BCUT2D eigenvalue weighted by molar-refractivity contribution is -0.145. The fraction of sp³-hybridized carbons (Fsp3) is 0.462. The second-order valence-electron chi connectivity index (χ2n) is 3.94. The summed E-state index contributed by atoms with van der Waals surface area (Å²) in [6, 6.07) is 8.05. The molecule has 0 heterocycles. The van der Waals surface area contributed by atoms with Crippen LogP contribution in [0.25, 0.3) is 0 Å². The topological polar surface area (TPSA) is 38.3 Å². The van der Waals surface area contributed by atoms with Crippen LogP contribution in [0, 0.1) is 0 Å². The number of carbonyl (C=O) groups excluding carboxylic acids is 1. The van der Waals surface area contributed by atoms with Gasteiger partial charge in [-0.2, -0.15) is 0 Å². The fourth-order valence-electron chi connectivity index (χ4n) is 1.34. The lowest BCUT2D eigenvalue weighted by Gasteiger charge is -2.09. The zero-order chi connectivity index (χ0) is 12.0. The Balaban J connectivity index is 2.39. The van der Waals surface area contributed by atoms with Crippen LogP contribution in [-0.4, -0.2) is 18.6 Å². The molecule has 0 saturated carbocycles. The molecule has 3 nitrogen and oxygen atoms in total. The van der Waals surface area contributed by atoms with Crippen molar-refractivity contribution in [1.82, 2.24) is 0 Å². The van der Waals surface area contributed by atoms with Gasteiger partial charge in [-0.25, -0.2) is 0 Å². The molecule has 0 atom stereocenters. The van der Waals surface area contributed by atoms with Crippen molar-refractivity contribution in [3.63, 3.8) is 0 Å². The molecule has 1 rings (SSSR count). The summed E-state index contributed by atoms with van der Waals surface area (Å²) in [6.07, 6.45) is 0.965. The van der Waals surface area contributed by atoms with Gasteiger partial charge in [0.05, 0.1) is 6.10 Å². The Kier molecular flexibility index (Phi) is 4.83. The maximum absolute atomic E-state index is 11.3. The van der Waals surface area contributed by atoms with Crippen LogP contribution >= 0.6 is 0 Å². The molecule has 16 heavy (non-hydrogen) atoms. The van der Waals surface area contributed by atoms with Crippen LogP contribution in [0.5, 0.6) is 0 Å². The first-order valence-corrected chi connectivity index (χ1v) is 5.64. The SMILES string of the molecule is CCc1ccc(NCC(=O)OC(C)C)cc1. The molecule has 1 aromatic rings. The lowest BCUT2D eigenvalue weighted by Crippen LogP contribution is -2.20. The van der Waals surface area contributed by atoms with Gasteiger partial charge in [0, 0.05) is 5.69 Å². The number of benzene rings is 1. The summed E-state index contributed by atoms with van der Waals surface area (Å²) in [6.45, 7) is 6.01. The van der Waals surface area contributed by atoms with E-state index in [1.807, 2.05) is 26.0 Å². The smallest absolute Gasteiger partial charge is 0.325 e. The highest BCUT2D eigenvalue weighted by atomic mass is 16.5. The van der Waals surface area contributed by atoms with Crippen molar-refractivity contribution in [2.45, 2.75) is 33.3 Å². The van der Waals surface area contributed by atoms with Crippen LogP contribution < -0.4 is 5.32 Å². The van der Waals surface area contributed by atoms with E-state index in [0.717, 1.165) is 12.1 Å². The van der Waals surface area contributed by atoms with Crippen LogP contribution in [0.3, 0.4) is 0 Å². The summed E-state index contributed by atoms with van der Waals surface area (Å²) in [4.78, 5) is 11.3. The van der Waals surface area contributed by atoms with E-state index >= 15 is 0 Å². The maximum Gasteiger partial charge on any atom is 0.325 e. The number of ether oxygens (including phenoxy) is 1. The van der Waals surface area contributed by atoms with E-state index in [2.05, 4.69) is 24.4 Å². The third kappa shape index (κ3) is 4.34. The maximum atomic E-state index is 11.3. The van der Waals surface area contributed by atoms with Crippen molar-refractivity contribution in [3.05, 3.63) is 29.8 Å². The Morgan fingerprint density at radius 3 is 2.44 bits per heavy atom. The van der Waals surface area contributed by atoms with Gasteiger partial charge in [-0.1, -0.05) is 19.1 Å². The van der Waals surface area contributed by atoms with Crippen molar-refractivity contribution in [3.8, 4) is 0 Å². The van der Waals surface area contributed by atoms with Gasteiger partial charge >= 0.3 is 5.97 Å². The number of aryl methyl sites for hydroxylation is 1. The number of rotatable bonds is 5. The Morgan fingerprint density at radius 1 is 1.31 bits per heavy atom. The fourth-order valence-corrected chi connectivity index (χ4v) is 1.34. The minimum Gasteiger partial charge on any atom is -0.462 e. The second kappa shape index (κ2) is 6.16. The van der Waals surface area contributed by atoms with Gasteiger partial charge in [0.2, 0.25) is 0 Å². The number of carbonyl (C=O) groups is 1. The van der Waals surface area contributed by atoms with Gasteiger partial charge < -0.3 is 10.1 Å².